The van der Waals surface area contributed by atoms with Gasteiger partial charge in [-0.25, -0.2) is 0 Å². The molecular formula is C20H34O. The molecule has 1 saturated heterocycles. The predicted molar refractivity (Wildman–Crippen MR) is 89.3 cm³/mol. The van der Waals surface area contributed by atoms with Gasteiger partial charge in [0.05, 0.1) is 11.2 Å². The minimum atomic E-state index is -0.112. The molecule has 1 aliphatic heterocycles. The smallest absolute Gasteiger partial charge is 0.0839 e. The van der Waals surface area contributed by atoms with E-state index in [4.69, 9.17) is 4.74 Å². The summed E-state index contributed by atoms with van der Waals surface area (Å²) in [5, 5.41) is 0. The SMILES string of the molecule is C=C[C@@]1(C)CC[C@@H]2[C@](C)(CCC3C(C)(C)CCC[C@]32C)O1. The number of rotatable bonds is 1. The second-order valence-electron chi connectivity index (χ2n) is 9.46. The van der Waals surface area contributed by atoms with Crippen molar-refractivity contribution < 1.29 is 4.74 Å². The van der Waals surface area contributed by atoms with Crippen molar-refractivity contribution in [2.75, 3.05) is 0 Å². The van der Waals surface area contributed by atoms with Crippen LogP contribution in [0.5, 0.6) is 0 Å². The summed E-state index contributed by atoms with van der Waals surface area (Å²) in [5.74, 6) is 1.59. The Morgan fingerprint density at radius 3 is 2.24 bits per heavy atom. The molecule has 3 rings (SSSR count). The molecular weight excluding hydrogens is 256 g/mol. The summed E-state index contributed by atoms with van der Waals surface area (Å²) in [6.45, 7) is 16.2. The van der Waals surface area contributed by atoms with Gasteiger partial charge in [-0.05, 0) is 75.0 Å². The summed E-state index contributed by atoms with van der Waals surface area (Å²) in [4.78, 5) is 0. The predicted octanol–water partition coefficient (Wildman–Crippen LogP) is 5.74. The number of ether oxygens (including phenoxy) is 1. The molecule has 21 heavy (non-hydrogen) atoms. The van der Waals surface area contributed by atoms with Crippen molar-refractivity contribution in [1.29, 1.82) is 0 Å². The highest BCUT2D eigenvalue weighted by molar-refractivity contribution is 5.12. The van der Waals surface area contributed by atoms with E-state index in [0.29, 0.717) is 10.8 Å². The maximum Gasteiger partial charge on any atom is 0.0839 e. The van der Waals surface area contributed by atoms with Gasteiger partial charge in [0.15, 0.2) is 0 Å². The standard InChI is InChI=1S/C20H34O/c1-7-18(4)13-9-16-19(5)12-8-11-17(2,3)15(19)10-14-20(16,6)21-18/h7,15-16H,1,8-14H2,2-6H3/t15?,16-,18-,19+,20-/m0/s1. The maximum absolute atomic E-state index is 6.68. The van der Waals surface area contributed by atoms with Gasteiger partial charge >= 0.3 is 0 Å². The third-order valence-electron chi connectivity index (χ3n) is 7.57. The Hall–Kier alpha value is -0.300. The van der Waals surface area contributed by atoms with Gasteiger partial charge < -0.3 is 4.74 Å². The molecule has 0 bridgehead atoms. The zero-order valence-electron chi connectivity index (χ0n) is 14.8. The summed E-state index contributed by atoms with van der Waals surface area (Å²) in [7, 11) is 0. The van der Waals surface area contributed by atoms with E-state index < -0.39 is 0 Å². The summed E-state index contributed by atoms with van der Waals surface area (Å²) in [6, 6.07) is 0. The lowest BCUT2D eigenvalue weighted by atomic mass is 9.44. The first-order valence-corrected chi connectivity index (χ1v) is 8.99. The van der Waals surface area contributed by atoms with E-state index in [1.54, 1.807) is 0 Å². The lowest BCUT2D eigenvalue weighted by molar-refractivity contribution is -0.252. The molecule has 0 aromatic carbocycles. The normalized spacial score (nSPS) is 52.6. The Kier molecular flexibility index (Phi) is 3.41. The average Bonchev–Trinajstić information content (AvgIpc) is 2.36. The molecule has 2 aliphatic carbocycles. The molecule has 5 atom stereocenters. The van der Waals surface area contributed by atoms with E-state index in [0.717, 1.165) is 18.3 Å². The molecule has 0 aromatic heterocycles. The second kappa shape index (κ2) is 4.60. The highest BCUT2D eigenvalue weighted by Gasteiger charge is 2.61. The third-order valence-corrected chi connectivity index (χ3v) is 7.57. The van der Waals surface area contributed by atoms with Crippen molar-refractivity contribution >= 4 is 0 Å². The van der Waals surface area contributed by atoms with Gasteiger partial charge in [-0.2, -0.15) is 0 Å². The Bertz CT molecular complexity index is 439. The molecule has 2 saturated carbocycles. The fraction of sp³-hybridized carbons (Fsp3) is 0.900. The summed E-state index contributed by atoms with van der Waals surface area (Å²) in [5.41, 5.74) is 0.920. The van der Waals surface area contributed by atoms with Crippen molar-refractivity contribution in [1.82, 2.24) is 0 Å². The fourth-order valence-electron chi connectivity index (χ4n) is 6.52. The summed E-state index contributed by atoms with van der Waals surface area (Å²) < 4.78 is 6.68. The first-order chi connectivity index (χ1) is 9.65. The minimum absolute atomic E-state index is 0.0554. The van der Waals surface area contributed by atoms with Crippen molar-refractivity contribution in [2.45, 2.75) is 90.8 Å². The van der Waals surface area contributed by atoms with E-state index in [1.807, 2.05) is 6.08 Å². The molecule has 1 nitrogen and oxygen atoms in total. The largest absolute Gasteiger partial charge is 0.365 e. The Morgan fingerprint density at radius 2 is 1.57 bits per heavy atom. The second-order valence-corrected chi connectivity index (χ2v) is 9.46. The van der Waals surface area contributed by atoms with Crippen molar-refractivity contribution in [3.8, 4) is 0 Å². The summed E-state index contributed by atoms with van der Waals surface area (Å²) in [6.07, 6.45) is 11.2. The molecule has 0 radical (unpaired) electrons. The van der Waals surface area contributed by atoms with Crippen LogP contribution in [-0.4, -0.2) is 11.2 Å². The van der Waals surface area contributed by atoms with Gasteiger partial charge in [-0.1, -0.05) is 33.3 Å². The van der Waals surface area contributed by atoms with Crippen molar-refractivity contribution in [3.63, 3.8) is 0 Å². The van der Waals surface area contributed by atoms with E-state index in [-0.39, 0.29) is 11.2 Å². The molecule has 1 heterocycles. The van der Waals surface area contributed by atoms with Crippen LogP contribution >= 0.6 is 0 Å². The van der Waals surface area contributed by atoms with Crippen LogP contribution in [0.3, 0.4) is 0 Å². The van der Waals surface area contributed by atoms with Crippen molar-refractivity contribution in [3.05, 3.63) is 12.7 Å². The van der Waals surface area contributed by atoms with Gasteiger partial charge in [0.25, 0.3) is 0 Å². The molecule has 0 aromatic rings. The third kappa shape index (κ3) is 2.22. The molecule has 3 fully saturated rings. The highest BCUT2D eigenvalue weighted by atomic mass is 16.5. The van der Waals surface area contributed by atoms with Crippen LogP contribution < -0.4 is 0 Å². The molecule has 120 valence electrons. The van der Waals surface area contributed by atoms with E-state index in [9.17, 15) is 0 Å². The number of fused-ring (bicyclic) bond motifs is 3. The Balaban J connectivity index is 1.94. The lowest BCUT2D eigenvalue weighted by Gasteiger charge is -2.65. The van der Waals surface area contributed by atoms with Crippen LogP contribution in [0.4, 0.5) is 0 Å². The molecule has 0 amide bonds. The molecule has 1 heteroatoms. The lowest BCUT2D eigenvalue weighted by Crippen LogP contribution is -2.62. The van der Waals surface area contributed by atoms with Gasteiger partial charge in [-0.15, -0.1) is 6.58 Å². The zero-order valence-corrected chi connectivity index (χ0v) is 14.8. The van der Waals surface area contributed by atoms with Gasteiger partial charge in [0.1, 0.15) is 0 Å². The Morgan fingerprint density at radius 1 is 0.905 bits per heavy atom. The fourth-order valence-corrected chi connectivity index (χ4v) is 6.52. The minimum Gasteiger partial charge on any atom is -0.365 e. The van der Waals surface area contributed by atoms with Crippen LogP contribution in [0.2, 0.25) is 0 Å². The molecule has 0 N–H and O–H groups in total. The molecule has 0 spiro atoms. The quantitative estimate of drug-likeness (QED) is 0.559. The number of hydrogen-bond acceptors (Lipinski definition) is 1. The first kappa shape index (κ1) is 15.6. The van der Waals surface area contributed by atoms with Crippen LogP contribution in [0.15, 0.2) is 12.7 Å². The molecule has 1 unspecified atom stereocenters. The van der Waals surface area contributed by atoms with E-state index >= 15 is 0 Å². The van der Waals surface area contributed by atoms with Gasteiger partial charge in [0, 0.05) is 0 Å². The van der Waals surface area contributed by atoms with Crippen molar-refractivity contribution in [2.24, 2.45) is 22.7 Å². The zero-order chi connectivity index (χ0) is 15.5. The maximum atomic E-state index is 6.68. The monoisotopic (exact) mass is 290 g/mol. The van der Waals surface area contributed by atoms with E-state index in [2.05, 4.69) is 41.2 Å². The average molecular weight is 290 g/mol. The van der Waals surface area contributed by atoms with Crippen LogP contribution in [0.25, 0.3) is 0 Å². The number of hydrogen-bond donors (Lipinski definition) is 0. The molecule has 3 aliphatic rings. The van der Waals surface area contributed by atoms with Crippen LogP contribution in [0.1, 0.15) is 79.6 Å². The summed E-state index contributed by atoms with van der Waals surface area (Å²) >= 11 is 0. The van der Waals surface area contributed by atoms with E-state index in [1.165, 1.54) is 38.5 Å². The topological polar surface area (TPSA) is 9.23 Å². The van der Waals surface area contributed by atoms with Crippen LogP contribution in [0, 0.1) is 22.7 Å². The van der Waals surface area contributed by atoms with Gasteiger partial charge in [-0.3, -0.25) is 0 Å². The van der Waals surface area contributed by atoms with Crippen LogP contribution in [-0.2, 0) is 4.74 Å². The Labute approximate surface area is 131 Å². The first-order valence-electron chi connectivity index (χ1n) is 8.99. The highest BCUT2D eigenvalue weighted by Crippen LogP contribution is 2.65. The van der Waals surface area contributed by atoms with Gasteiger partial charge in [0.2, 0.25) is 0 Å².